The predicted octanol–water partition coefficient (Wildman–Crippen LogP) is 6.29. The van der Waals surface area contributed by atoms with Gasteiger partial charge >= 0.3 is 0 Å². The number of thioether (sulfide) groups is 1. The normalized spacial score (nSPS) is 11.1. The largest absolute Gasteiger partial charge is 0.467 e. The van der Waals surface area contributed by atoms with E-state index in [1.807, 2.05) is 72.9 Å². The zero-order valence-corrected chi connectivity index (χ0v) is 20.7. The Balaban J connectivity index is 1.34. The summed E-state index contributed by atoms with van der Waals surface area (Å²) in [5.74, 6) is 1.41. The van der Waals surface area contributed by atoms with Crippen LogP contribution in [-0.4, -0.2) is 32.4 Å². The van der Waals surface area contributed by atoms with Crippen LogP contribution in [0, 0.1) is 0 Å². The molecule has 0 saturated heterocycles. The maximum atomic E-state index is 12.8. The van der Waals surface area contributed by atoms with E-state index in [2.05, 4.69) is 9.55 Å². The first kappa shape index (κ1) is 23.2. The first-order valence-corrected chi connectivity index (χ1v) is 12.5. The molecule has 176 valence electrons. The van der Waals surface area contributed by atoms with E-state index in [0.29, 0.717) is 24.4 Å². The number of furan rings is 1. The van der Waals surface area contributed by atoms with Gasteiger partial charge in [0.05, 0.1) is 36.6 Å². The van der Waals surface area contributed by atoms with Crippen molar-refractivity contribution in [2.24, 2.45) is 0 Å². The molecular weight excluding hydrogens is 480 g/mol. The van der Waals surface area contributed by atoms with Gasteiger partial charge < -0.3 is 13.9 Å². The van der Waals surface area contributed by atoms with Gasteiger partial charge in [0.2, 0.25) is 0 Å². The molecule has 0 N–H and O–H groups in total. The molecule has 0 aliphatic rings. The number of pyridine rings is 1. The van der Waals surface area contributed by atoms with Crippen molar-refractivity contribution in [1.29, 1.82) is 0 Å². The molecule has 0 unspecified atom stereocenters. The summed E-state index contributed by atoms with van der Waals surface area (Å²) in [6, 6.07) is 21.1. The molecule has 3 heterocycles. The highest BCUT2D eigenvalue weighted by Gasteiger charge is 2.15. The molecule has 5 rings (SSSR count). The number of imidazole rings is 1. The van der Waals surface area contributed by atoms with Gasteiger partial charge in [0.1, 0.15) is 5.76 Å². The molecule has 0 aliphatic heterocycles. The zero-order chi connectivity index (χ0) is 24.2. The van der Waals surface area contributed by atoms with E-state index >= 15 is 0 Å². The smallest absolute Gasteiger partial charge is 0.254 e. The molecule has 0 atom stereocenters. The molecule has 3 aromatic heterocycles. The third-order valence-electron chi connectivity index (χ3n) is 5.69. The highest BCUT2D eigenvalue weighted by molar-refractivity contribution is 7.98. The minimum atomic E-state index is -0.0544. The van der Waals surface area contributed by atoms with Gasteiger partial charge in [-0.3, -0.25) is 9.78 Å². The van der Waals surface area contributed by atoms with E-state index in [9.17, 15) is 4.79 Å². The Morgan fingerprint density at radius 3 is 2.69 bits per heavy atom. The number of rotatable bonds is 8. The second-order valence-corrected chi connectivity index (χ2v) is 9.51. The molecule has 1 amide bonds. The minimum Gasteiger partial charge on any atom is -0.467 e. The van der Waals surface area contributed by atoms with Crippen molar-refractivity contribution < 1.29 is 9.21 Å². The number of hydrogen-bond donors (Lipinski definition) is 0. The Morgan fingerprint density at radius 2 is 1.91 bits per heavy atom. The van der Waals surface area contributed by atoms with E-state index in [0.717, 1.165) is 38.1 Å². The summed E-state index contributed by atoms with van der Waals surface area (Å²) in [6.45, 7) is 1.04. The number of carbonyl (C=O) groups is 1. The number of aromatic nitrogens is 3. The van der Waals surface area contributed by atoms with E-state index < -0.39 is 0 Å². The molecule has 2 aromatic carbocycles. The average molecular weight is 503 g/mol. The third kappa shape index (κ3) is 5.26. The van der Waals surface area contributed by atoms with Gasteiger partial charge in [0.15, 0.2) is 5.16 Å². The van der Waals surface area contributed by atoms with Gasteiger partial charge in [-0.1, -0.05) is 53.7 Å². The van der Waals surface area contributed by atoms with Gasteiger partial charge in [0, 0.05) is 29.6 Å². The van der Waals surface area contributed by atoms with Gasteiger partial charge in [0.25, 0.3) is 5.91 Å². The zero-order valence-electron chi connectivity index (χ0n) is 19.1. The van der Waals surface area contributed by atoms with Crippen molar-refractivity contribution in [2.45, 2.75) is 24.0 Å². The van der Waals surface area contributed by atoms with Crippen LogP contribution in [0.15, 0.2) is 95.0 Å². The van der Waals surface area contributed by atoms with Crippen molar-refractivity contribution in [3.8, 4) is 0 Å². The maximum absolute atomic E-state index is 12.8. The number of nitrogens with zero attached hydrogens (tertiary/aromatic N) is 4. The maximum Gasteiger partial charge on any atom is 0.254 e. The fourth-order valence-electron chi connectivity index (χ4n) is 3.83. The van der Waals surface area contributed by atoms with E-state index in [4.69, 9.17) is 21.0 Å². The number of halogens is 1. The molecule has 6 nitrogen and oxygen atoms in total. The van der Waals surface area contributed by atoms with Crippen LogP contribution in [0.2, 0.25) is 5.02 Å². The SMILES string of the molecule is CN(Cc1ccco1)C(=O)c1ccc(Cn2c(SCc3ccccc3Cl)nc3ccncc32)cc1. The highest BCUT2D eigenvalue weighted by Crippen LogP contribution is 2.29. The van der Waals surface area contributed by atoms with Crippen LogP contribution < -0.4 is 0 Å². The van der Waals surface area contributed by atoms with Gasteiger partial charge in [-0.05, 0) is 47.5 Å². The van der Waals surface area contributed by atoms with Crippen LogP contribution in [0.3, 0.4) is 0 Å². The lowest BCUT2D eigenvalue weighted by Gasteiger charge is -2.16. The number of amides is 1. The Bertz CT molecular complexity index is 1450. The van der Waals surface area contributed by atoms with Gasteiger partial charge in [-0.25, -0.2) is 4.98 Å². The Kier molecular flexibility index (Phi) is 6.88. The summed E-state index contributed by atoms with van der Waals surface area (Å²) in [5.41, 5.74) is 4.63. The standard InChI is InChI=1S/C27H23ClN4O2S/c1-31(17-22-6-4-14-34-22)26(33)20-10-8-19(9-11-20)16-32-25-15-29-13-12-24(25)30-27(32)35-18-21-5-2-3-7-23(21)28/h2-15H,16-18H2,1H3. The molecule has 35 heavy (non-hydrogen) atoms. The summed E-state index contributed by atoms with van der Waals surface area (Å²) >= 11 is 8.00. The van der Waals surface area contributed by atoms with Crippen molar-refractivity contribution >= 4 is 40.3 Å². The lowest BCUT2D eigenvalue weighted by Crippen LogP contribution is -2.25. The predicted molar refractivity (Wildman–Crippen MR) is 139 cm³/mol. The molecule has 8 heteroatoms. The van der Waals surface area contributed by atoms with Crippen molar-refractivity contribution in [3.63, 3.8) is 0 Å². The number of hydrogen-bond acceptors (Lipinski definition) is 5. The summed E-state index contributed by atoms with van der Waals surface area (Å²) in [6.07, 6.45) is 5.20. The van der Waals surface area contributed by atoms with Crippen molar-refractivity contribution in [2.75, 3.05) is 7.05 Å². The van der Waals surface area contributed by atoms with Crippen molar-refractivity contribution in [3.05, 3.63) is 113 Å². The fraction of sp³-hybridized carbons (Fsp3) is 0.148. The Labute approximate surface area is 212 Å². The number of fused-ring (bicyclic) bond motifs is 1. The summed E-state index contributed by atoms with van der Waals surface area (Å²) < 4.78 is 7.51. The molecule has 0 aliphatic carbocycles. The van der Waals surface area contributed by atoms with Crippen LogP contribution in [0.25, 0.3) is 11.0 Å². The van der Waals surface area contributed by atoms with E-state index in [1.54, 1.807) is 36.2 Å². The van der Waals surface area contributed by atoms with Gasteiger partial charge in [-0.2, -0.15) is 0 Å². The molecule has 0 radical (unpaired) electrons. The lowest BCUT2D eigenvalue weighted by molar-refractivity contribution is 0.0775. The second-order valence-electron chi connectivity index (χ2n) is 8.16. The lowest BCUT2D eigenvalue weighted by atomic mass is 10.1. The van der Waals surface area contributed by atoms with Crippen molar-refractivity contribution in [1.82, 2.24) is 19.4 Å². The summed E-state index contributed by atoms with van der Waals surface area (Å²) in [4.78, 5) is 23.6. The first-order chi connectivity index (χ1) is 17.1. The van der Waals surface area contributed by atoms with Crippen LogP contribution >= 0.6 is 23.4 Å². The monoisotopic (exact) mass is 502 g/mol. The van der Waals surface area contributed by atoms with Crippen LogP contribution in [-0.2, 0) is 18.8 Å². The highest BCUT2D eigenvalue weighted by atomic mass is 35.5. The second kappa shape index (κ2) is 10.4. The third-order valence-corrected chi connectivity index (χ3v) is 7.09. The van der Waals surface area contributed by atoms with E-state index in [1.165, 1.54) is 0 Å². The first-order valence-electron chi connectivity index (χ1n) is 11.1. The molecule has 0 fully saturated rings. The molecule has 0 spiro atoms. The minimum absolute atomic E-state index is 0.0544. The van der Waals surface area contributed by atoms with Crippen LogP contribution in [0.1, 0.15) is 27.2 Å². The molecule has 5 aromatic rings. The molecule has 0 bridgehead atoms. The Hall–Kier alpha value is -3.55. The quantitative estimate of drug-likeness (QED) is 0.233. The molecule has 0 saturated carbocycles. The topological polar surface area (TPSA) is 64.2 Å². The van der Waals surface area contributed by atoms with Crippen LogP contribution in [0.5, 0.6) is 0 Å². The Morgan fingerprint density at radius 1 is 1.09 bits per heavy atom. The number of carbonyl (C=O) groups excluding carboxylic acids is 1. The fourth-order valence-corrected chi connectivity index (χ4v) is 5.13. The molecular formula is C27H23ClN4O2S. The van der Waals surface area contributed by atoms with Gasteiger partial charge in [-0.15, -0.1) is 0 Å². The summed E-state index contributed by atoms with van der Waals surface area (Å²) in [5, 5.41) is 1.65. The van der Waals surface area contributed by atoms with Crippen LogP contribution in [0.4, 0.5) is 0 Å². The average Bonchev–Trinajstić information content (AvgIpc) is 3.51. The summed E-state index contributed by atoms with van der Waals surface area (Å²) in [7, 11) is 1.77. The number of benzene rings is 2. The van der Waals surface area contributed by atoms with E-state index in [-0.39, 0.29) is 5.91 Å².